The van der Waals surface area contributed by atoms with Crippen molar-refractivity contribution in [3.8, 4) is 11.3 Å². The highest BCUT2D eigenvalue weighted by molar-refractivity contribution is 6.33. The first-order valence-electron chi connectivity index (χ1n) is 7.56. The summed E-state index contributed by atoms with van der Waals surface area (Å²) in [6, 6.07) is 19.4. The van der Waals surface area contributed by atoms with Crippen molar-refractivity contribution in [2.75, 3.05) is 0 Å². The molecule has 6 heteroatoms. The second-order valence-corrected chi connectivity index (χ2v) is 5.64. The molecular weight excluding hydrogens is 340 g/mol. The van der Waals surface area contributed by atoms with Crippen LogP contribution < -0.4 is 5.43 Å². The monoisotopic (exact) mass is 354 g/mol. The van der Waals surface area contributed by atoms with Gasteiger partial charge in [-0.15, -0.1) is 0 Å². The molecule has 0 radical (unpaired) electrons. The van der Waals surface area contributed by atoms with Gasteiger partial charge in [-0.2, -0.15) is 5.10 Å². The number of carbonyl (C=O) groups is 1. The summed E-state index contributed by atoms with van der Waals surface area (Å²) in [6.07, 6.45) is 0.0734. The zero-order valence-electron chi connectivity index (χ0n) is 13.1. The van der Waals surface area contributed by atoms with Crippen molar-refractivity contribution >= 4 is 23.7 Å². The Morgan fingerprint density at radius 2 is 1.80 bits per heavy atom. The summed E-state index contributed by atoms with van der Waals surface area (Å²) < 4.78 is 5.63. The molecule has 1 amide bonds. The van der Waals surface area contributed by atoms with E-state index in [9.17, 15) is 9.90 Å². The first kappa shape index (κ1) is 17.0. The summed E-state index contributed by atoms with van der Waals surface area (Å²) in [5.74, 6) is 0.424. The lowest BCUT2D eigenvalue weighted by Crippen LogP contribution is -2.25. The summed E-state index contributed by atoms with van der Waals surface area (Å²) in [6.45, 7) is 0. The highest BCUT2D eigenvalue weighted by Gasteiger charge is 2.16. The van der Waals surface area contributed by atoms with Gasteiger partial charge in [-0.25, -0.2) is 5.43 Å². The third-order valence-electron chi connectivity index (χ3n) is 3.50. The topological polar surface area (TPSA) is 74.8 Å². The van der Waals surface area contributed by atoms with Gasteiger partial charge in [-0.05, 0) is 29.8 Å². The van der Waals surface area contributed by atoms with E-state index in [1.54, 1.807) is 48.5 Å². The Balaban J connectivity index is 1.63. The molecular formula is C19H15ClN2O3. The third-order valence-corrected chi connectivity index (χ3v) is 3.83. The Bertz CT molecular complexity index is 890. The summed E-state index contributed by atoms with van der Waals surface area (Å²) in [4.78, 5) is 11.9. The molecule has 1 aromatic heterocycles. The zero-order valence-corrected chi connectivity index (χ0v) is 13.9. The van der Waals surface area contributed by atoms with Crippen molar-refractivity contribution in [1.29, 1.82) is 0 Å². The minimum atomic E-state index is -1.28. The second kappa shape index (κ2) is 7.79. The largest absolute Gasteiger partial charge is 0.455 e. The summed E-state index contributed by atoms with van der Waals surface area (Å²) in [5, 5.41) is 14.3. The summed E-state index contributed by atoms with van der Waals surface area (Å²) in [5.41, 5.74) is 3.55. The van der Waals surface area contributed by atoms with Gasteiger partial charge in [0.1, 0.15) is 11.5 Å². The van der Waals surface area contributed by atoms with Crippen molar-refractivity contribution in [2.24, 2.45) is 5.10 Å². The quantitative estimate of drug-likeness (QED) is 0.540. The number of hydrogen-bond acceptors (Lipinski definition) is 4. The third kappa shape index (κ3) is 4.15. The van der Waals surface area contributed by atoms with Crippen molar-refractivity contribution in [3.63, 3.8) is 0 Å². The standard InChI is InChI=1S/C19H15ClN2O3/c20-16-9-5-4-8-15(16)17-11-10-14(25-17)12-21-22-19(24)18(23)13-6-2-1-3-7-13/h1-12,18,23H,(H,22,24)/b21-12+. The van der Waals surface area contributed by atoms with Crippen LogP contribution in [0.4, 0.5) is 0 Å². The van der Waals surface area contributed by atoms with Crippen LogP contribution in [-0.2, 0) is 4.79 Å². The Morgan fingerprint density at radius 1 is 1.08 bits per heavy atom. The molecule has 5 nitrogen and oxygen atoms in total. The predicted octanol–water partition coefficient (Wildman–Crippen LogP) is 3.78. The average molecular weight is 355 g/mol. The van der Waals surface area contributed by atoms with Crippen LogP contribution in [0.1, 0.15) is 17.4 Å². The summed E-state index contributed by atoms with van der Waals surface area (Å²) >= 11 is 6.13. The van der Waals surface area contributed by atoms with Crippen molar-refractivity contribution in [3.05, 3.63) is 83.1 Å². The number of rotatable bonds is 5. The van der Waals surface area contributed by atoms with Crippen LogP contribution in [-0.4, -0.2) is 17.2 Å². The van der Waals surface area contributed by atoms with Gasteiger partial charge in [0.25, 0.3) is 5.91 Å². The molecule has 1 atom stereocenters. The van der Waals surface area contributed by atoms with Gasteiger partial charge in [-0.1, -0.05) is 54.1 Å². The first-order chi connectivity index (χ1) is 12.1. The van der Waals surface area contributed by atoms with Crippen LogP contribution in [0.5, 0.6) is 0 Å². The second-order valence-electron chi connectivity index (χ2n) is 5.23. The number of carbonyl (C=O) groups excluding carboxylic acids is 1. The predicted molar refractivity (Wildman–Crippen MR) is 96.3 cm³/mol. The minimum Gasteiger partial charge on any atom is -0.455 e. The van der Waals surface area contributed by atoms with E-state index >= 15 is 0 Å². The molecule has 0 aliphatic heterocycles. The van der Waals surface area contributed by atoms with Gasteiger partial charge in [0.05, 0.1) is 11.2 Å². The number of hydrazone groups is 1. The van der Waals surface area contributed by atoms with E-state index in [1.165, 1.54) is 6.21 Å². The molecule has 0 fully saturated rings. The van der Waals surface area contributed by atoms with E-state index in [-0.39, 0.29) is 0 Å². The lowest BCUT2D eigenvalue weighted by Gasteiger charge is -2.08. The van der Waals surface area contributed by atoms with Crippen LogP contribution >= 0.6 is 11.6 Å². The molecule has 0 aliphatic carbocycles. The van der Waals surface area contributed by atoms with Crippen LogP contribution in [0.2, 0.25) is 5.02 Å². The molecule has 3 rings (SSSR count). The maximum absolute atomic E-state index is 11.9. The number of amides is 1. The molecule has 0 saturated carbocycles. The molecule has 1 unspecified atom stereocenters. The Hall–Kier alpha value is -2.89. The van der Waals surface area contributed by atoms with Gasteiger partial charge in [0.15, 0.2) is 6.10 Å². The van der Waals surface area contributed by atoms with E-state index < -0.39 is 12.0 Å². The normalized spacial score (nSPS) is 12.2. The molecule has 0 aliphatic rings. The van der Waals surface area contributed by atoms with Gasteiger partial charge < -0.3 is 9.52 Å². The van der Waals surface area contributed by atoms with Crippen LogP contribution in [0.15, 0.2) is 76.2 Å². The number of aliphatic hydroxyl groups is 1. The van der Waals surface area contributed by atoms with E-state index in [1.807, 2.05) is 18.2 Å². The fraction of sp³-hybridized carbons (Fsp3) is 0.0526. The molecule has 1 heterocycles. The van der Waals surface area contributed by atoms with Crippen molar-refractivity contribution in [2.45, 2.75) is 6.10 Å². The van der Waals surface area contributed by atoms with Gasteiger partial charge in [-0.3, -0.25) is 4.79 Å². The van der Waals surface area contributed by atoms with E-state index in [4.69, 9.17) is 16.0 Å². The zero-order chi connectivity index (χ0) is 17.6. The molecule has 2 aromatic carbocycles. The van der Waals surface area contributed by atoms with Crippen molar-refractivity contribution < 1.29 is 14.3 Å². The van der Waals surface area contributed by atoms with Crippen LogP contribution in [0.3, 0.4) is 0 Å². The van der Waals surface area contributed by atoms with E-state index in [0.29, 0.717) is 22.1 Å². The molecule has 2 N–H and O–H groups in total. The Labute approximate surface area is 149 Å². The van der Waals surface area contributed by atoms with E-state index in [0.717, 1.165) is 5.56 Å². The molecule has 3 aromatic rings. The van der Waals surface area contributed by atoms with E-state index in [2.05, 4.69) is 10.5 Å². The smallest absolute Gasteiger partial charge is 0.273 e. The molecule has 0 bridgehead atoms. The first-order valence-corrected chi connectivity index (χ1v) is 7.93. The highest BCUT2D eigenvalue weighted by Crippen LogP contribution is 2.28. The number of benzene rings is 2. The molecule has 126 valence electrons. The number of hydrogen-bond donors (Lipinski definition) is 2. The average Bonchev–Trinajstić information content (AvgIpc) is 3.10. The fourth-order valence-electron chi connectivity index (χ4n) is 2.24. The maximum atomic E-state index is 11.9. The Morgan fingerprint density at radius 3 is 2.56 bits per heavy atom. The lowest BCUT2D eigenvalue weighted by molar-refractivity contribution is -0.129. The number of aliphatic hydroxyl groups excluding tert-OH is 1. The molecule has 25 heavy (non-hydrogen) atoms. The number of nitrogens with one attached hydrogen (secondary N) is 1. The fourth-order valence-corrected chi connectivity index (χ4v) is 2.46. The highest BCUT2D eigenvalue weighted by atomic mass is 35.5. The van der Waals surface area contributed by atoms with Gasteiger partial charge in [0, 0.05) is 5.56 Å². The SMILES string of the molecule is O=C(N/N=C/c1ccc(-c2ccccc2Cl)o1)C(O)c1ccccc1. The lowest BCUT2D eigenvalue weighted by atomic mass is 10.1. The Kier molecular flexibility index (Phi) is 5.28. The number of halogens is 1. The van der Waals surface area contributed by atoms with Crippen LogP contribution in [0.25, 0.3) is 11.3 Å². The molecule has 0 spiro atoms. The van der Waals surface area contributed by atoms with Gasteiger partial charge >= 0.3 is 0 Å². The minimum absolute atomic E-state index is 0.449. The molecule has 0 saturated heterocycles. The number of furan rings is 1. The van der Waals surface area contributed by atoms with Crippen molar-refractivity contribution in [1.82, 2.24) is 5.43 Å². The number of nitrogens with zero attached hydrogens (tertiary/aromatic N) is 1. The van der Waals surface area contributed by atoms with Crippen LogP contribution in [0, 0.1) is 0 Å². The van der Waals surface area contributed by atoms with Gasteiger partial charge in [0.2, 0.25) is 0 Å². The summed E-state index contributed by atoms with van der Waals surface area (Å²) in [7, 11) is 0. The maximum Gasteiger partial charge on any atom is 0.273 e.